The summed E-state index contributed by atoms with van der Waals surface area (Å²) in [5, 5.41) is 5.67. The van der Waals surface area contributed by atoms with Gasteiger partial charge < -0.3 is 15.1 Å². The summed E-state index contributed by atoms with van der Waals surface area (Å²) in [5.74, 6) is -0.548. The van der Waals surface area contributed by atoms with Gasteiger partial charge in [-0.15, -0.1) is 0 Å². The van der Waals surface area contributed by atoms with Gasteiger partial charge in [-0.2, -0.15) is 0 Å². The Bertz CT molecular complexity index is 924. The van der Waals surface area contributed by atoms with Crippen LogP contribution in [0, 0.1) is 6.92 Å². The first kappa shape index (κ1) is 18.9. The van der Waals surface area contributed by atoms with Gasteiger partial charge >= 0.3 is 0 Å². The van der Waals surface area contributed by atoms with Gasteiger partial charge in [0.15, 0.2) is 5.76 Å². The largest absolute Gasteiger partial charge is 0.459 e. The number of halogens is 1. The lowest BCUT2D eigenvalue weighted by atomic mass is 10.0. The first-order chi connectivity index (χ1) is 13.0. The highest BCUT2D eigenvalue weighted by Crippen LogP contribution is 2.20. The van der Waals surface area contributed by atoms with Crippen LogP contribution in [0.2, 0.25) is 0 Å². The van der Waals surface area contributed by atoms with Crippen molar-refractivity contribution in [2.45, 2.75) is 19.4 Å². The molecule has 1 aromatic heterocycles. The SMILES string of the molecule is Cc1cc(Br)ccc1NC(=O)C(Cc1ccccc1)NC(=O)c1ccco1. The molecule has 1 unspecified atom stereocenters. The number of aryl methyl sites for hydroxylation is 1. The lowest BCUT2D eigenvalue weighted by molar-refractivity contribution is -0.118. The molecule has 3 rings (SSSR count). The molecule has 0 aliphatic carbocycles. The lowest BCUT2D eigenvalue weighted by Gasteiger charge is -2.19. The molecule has 138 valence electrons. The Kier molecular flexibility index (Phi) is 6.08. The van der Waals surface area contributed by atoms with E-state index in [9.17, 15) is 9.59 Å². The molecular weight excluding hydrogens is 408 g/mol. The Hall–Kier alpha value is -2.86. The number of furan rings is 1. The first-order valence-electron chi connectivity index (χ1n) is 8.48. The molecule has 0 radical (unpaired) electrons. The molecule has 0 bridgehead atoms. The van der Waals surface area contributed by atoms with Crippen molar-refractivity contribution in [1.29, 1.82) is 0 Å². The molecule has 3 aromatic rings. The van der Waals surface area contributed by atoms with Gasteiger partial charge in [0, 0.05) is 16.6 Å². The van der Waals surface area contributed by atoms with E-state index in [0.717, 1.165) is 15.6 Å². The molecule has 2 amide bonds. The molecule has 0 aliphatic rings. The molecule has 0 saturated carbocycles. The lowest BCUT2D eigenvalue weighted by Crippen LogP contribution is -2.45. The van der Waals surface area contributed by atoms with E-state index in [1.807, 2.05) is 55.5 Å². The molecule has 5 nitrogen and oxygen atoms in total. The van der Waals surface area contributed by atoms with E-state index in [0.29, 0.717) is 12.1 Å². The molecule has 0 spiro atoms. The number of amides is 2. The van der Waals surface area contributed by atoms with Gasteiger partial charge in [-0.1, -0.05) is 46.3 Å². The quantitative estimate of drug-likeness (QED) is 0.615. The fourth-order valence-corrected chi connectivity index (χ4v) is 3.16. The summed E-state index contributed by atoms with van der Waals surface area (Å²) >= 11 is 3.41. The van der Waals surface area contributed by atoms with Crippen molar-refractivity contribution in [1.82, 2.24) is 5.32 Å². The maximum Gasteiger partial charge on any atom is 0.287 e. The molecule has 6 heteroatoms. The average Bonchev–Trinajstić information content (AvgIpc) is 3.19. The number of hydrogen-bond acceptors (Lipinski definition) is 3. The summed E-state index contributed by atoms with van der Waals surface area (Å²) < 4.78 is 6.06. The summed E-state index contributed by atoms with van der Waals surface area (Å²) in [6, 6.07) is 17.6. The van der Waals surface area contributed by atoms with E-state index in [1.165, 1.54) is 6.26 Å². The number of carbonyl (C=O) groups is 2. The molecule has 2 aromatic carbocycles. The molecule has 1 atom stereocenters. The van der Waals surface area contributed by atoms with Gasteiger partial charge in [0.1, 0.15) is 6.04 Å². The summed E-state index contributed by atoms with van der Waals surface area (Å²) in [6.07, 6.45) is 1.79. The van der Waals surface area contributed by atoms with Gasteiger partial charge in [-0.25, -0.2) is 0 Å². The molecule has 0 aliphatic heterocycles. The highest BCUT2D eigenvalue weighted by molar-refractivity contribution is 9.10. The minimum atomic E-state index is -0.743. The van der Waals surface area contributed by atoms with Crippen LogP contribution < -0.4 is 10.6 Å². The smallest absolute Gasteiger partial charge is 0.287 e. The van der Waals surface area contributed by atoms with Crippen LogP contribution in [-0.4, -0.2) is 17.9 Å². The van der Waals surface area contributed by atoms with E-state index in [1.54, 1.807) is 12.1 Å². The normalized spacial score (nSPS) is 11.6. The topological polar surface area (TPSA) is 71.3 Å². The average molecular weight is 427 g/mol. The Morgan fingerprint density at radius 2 is 1.85 bits per heavy atom. The highest BCUT2D eigenvalue weighted by atomic mass is 79.9. The van der Waals surface area contributed by atoms with Crippen LogP contribution in [0.25, 0.3) is 0 Å². The summed E-state index contributed by atoms with van der Waals surface area (Å²) in [7, 11) is 0. The third-order valence-electron chi connectivity index (χ3n) is 4.10. The van der Waals surface area contributed by atoms with Gasteiger partial charge in [-0.3, -0.25) is 9.59 Å². The molecule has 0 saturated heterocycles. The van der Waals surface area contributed by atoms with E-state index >= 15 is 0 Å². The van der Waals surface area contributed by atoms with Gasteiger partial charge in [-0.05, 0) is 48.4 Å². The Balaban J connectivity index is 1.79. The van der Waals surface area contributed by atoms with Crippen molar-refractivity contribution in [3.63, 3.8) is 0 Å². The van der Waals surface area contributed by atoms with Gasteiger partial charge in [0.25, 0.3) is 5.91 Å². The van der Waals surface area contributed by atoms with Crippen LogP contribution >= 0.6 is 15.9 Å². The zero-order chi connectivity index (χ0) is 19.2. The molecular formula is C21H19BrN2O3. The van der Waals surface area contributed by atoms with Crippen LogP contribution in [0.5, 0.6) is 0 Å². The zero-order valence-corrected chi connectivity index (χ0v) is 16.3. The number of carbonyl (C=O) groups excluding carboxylic acids is 2. The van der Waals surface area contributed by atoms with E-state index in [-0.39, 0.29) is 11.7 Å². The van der Waals surface area contributed by atoms with E-state index < -0.39 is 11.9 Å². The Labute approximate surface area is 165 Å². The van der Waals surface area contributed by atoms with Crippen LogP contribution in [0.15, 0.2) is 75.8 Å². The summed E-state index contributed by atoms with van der Waals surface area (Å²) in [5.41, 5.74) is 2.58. The van der Waals surface area contributed by atoms with Crippen molar-refractivity contribution < 1.29 is 14.0 Å². The number of nitrogens with one attached hydrogen (secondary N) is 2. The number of rotatable bonds is 6. The second-order valence-electron chi connectivity index (χ2n) is 6.14. The van der Waals surface area contributed by atoms with Crippen molar-refractivity contribution >= 4 is 33.4 Å². The minimum absolute atomic E-state index is 0.167. The summed E-state index contributed by atoms with van der Waals surface area (Å²) in [6.45, 7) is 1.91. The molecule has 2 N–H and O–H groups in total. The monoisotopic (exact) mass is 426 g/mol. The van der Waals surface area contributed by atoms with Crippen molar-refractivity contribution in [2.75, 3.05) is 5.32 Å². The standard InChI is InChI=1S/C21H19BrN2O3/c1-14-12-16(22)9-10-17(14)23-20(25)18(13-15-6-3-2-4-7-15)24-21(26)19-8-5-11-27-19/h2-12,18H,13H2,1H3,(H,23,25)(H,24,26). The van der Waals surface area contributed by atoms with E-state index in [2.05, 4.69) is 26.6 Å². The minimum Gasteiger partial charge on any atom is -0.459 e. The fourth-order valence-electron chi connectivity index (χ4n) is 2.68. The number of benzene rings is 2. The first-order valence-corrected chi connectivity index (χ1v) is 9.27. The number of hydrogen-bond donors (Lipinski definition) is 2. The fraction of sp³-hybridized carbons (Fsp3) is 0.143. The third-order valence-corrected chi connectivity index (χ3v) is 4.59. The molecule has 0 fully saturated rings. The second-order valence-corrected chi connectivity index (χ2v) is 7.06. The van der Waals surface area contributed by atoms with Crippen molar-refractivity contribution in [2.24, 2.45) is 0 Å². The maximum absolute atomic E-state index is 12.9. The Morgan fingerprint density at radius 1 is 1.07 bits per heavy atom. The second kappa shape index (κ2) is 8.68. The zero-order valence-electron chi connectivity index (χ0n) is 14.7. The van der Waals surface area contributed by atoms with E-state index in [4.69, 9.17) is 4.42 Å². The summed E-state index contributed by atoms with van der Waals surface area (Å²) in [4.78, 5) is 25.3. The molecule has 27 heavy (non-hydrogen) atoms. The van der Waals surface area contributed by atoms with Crippen LogP contribution in [0.3, 0.4) is 0 Å². The number of anilines is 1. The maximum atomic E-state index is 12.9. The van der Waals surface area contributed by atoms with Crippen LogP contribution in [0.1, 0.15) is 21.7 Å². The van der Waals surface area contributed by atoms with Crippen LogP contribution in [0.4, 0.5) is 5.69 Å². The Morgan fingerprint density at radius 3 is 2.52 bits per heavy atom. The predicted molar refractivity (Wildman–Crippen MR) is 108 cm³/mol. The van der Waals surface area contributed by atoms with Crippen molar-refractivity contribution in [3.8, 4) is 0 Å². The van der Waals surface area contributed by atoms with Crippen LogP contribution in [-0.2, 0) is 11.2 Å². The molecule has 1 heterocycles. The predicted octanol–water partition coefficient (Wildman–Crippen LogP) is 4.33. The van der Waals surface area contributed by atoms with Crippen molar-refractivity contribution in [3.05, 3.63) is 88.3 Å². The highest BCUT2D eigenvalue weighted by Gasteiger charge is 2.23. The van der Waals surface area contributed by atoms with Gasteiger partial charge in [0.2, 0.25) is 5.91 Å². The van der Waals surface area contributed by atoms with Gasteiger partial charge in [0.05, 0.1) is 6.26 Å². The third kappa shape index (κ3) is 5.08.